The van der Waals surface area contributed by atoms with Gasteiger partial charge in [-0.1, -0.05) is 66.4 Å². The van der Waals surface area contributed by atoms with Gasteiger partial charge in [0.15, 0.2) is 5.17 Å². The van der Waals surface area contributed by atoms with E-state index in [2.05, 4.69) is 10.2 Å². The van der Waals surface area contributed by atoms with Crippen molar-refractivity contribution < 1.29 is 9.72 Å². The number of amides is 1. The van der Waals surface area contributed by atoms with Crippen LogP contribution in [0.15, 0.2) is 76.9 Å². The molecular formula is C21H16N4O3S. The lowest BCUT2D eigenvalue weighted by molar-refractivity contribution is -0.384. The van der Waals surface area contributed by atoms with Crippen LogP contribution in [0.5, 0.6) is 0 Å². The van der Waals surface area contributed by atoms with Crippen LogP contribution in [0.25, 0.3) is 10.8 Å². The first-order chi connectivity index (χ1) is 14.1. The van der Waals surface area contributed by atoms with Gasteiger partial charge in [-0.25, -0.2) is 0 Å². The van der Waals surface area contributed by atoms with Crippen molar-refractivity contribution in [2.24, 2.45) is 10.2 Å². The minimum Gasteiger partial charge on any atom is -0.285 e. The molecule has 4 rings (SSSR count). The quantitative estimate of drug-likeness (QED) is 0.362. The molecule has 0 aliphatic carbocycles. The number of hydrogen-bond acceptors (Lipinski definition) is 6. The van der Waals surface area contributed by atoms with Gasteiger partial charge in [-0.3, -0.25) is 19.8 Å². The molecule has 144 valence electrons. The topological polar surface area (TPSA) is 88.2 Å². The Labute approximate surface area is 170 Å². The van der Waals surface area contributed by atoms with Gasteiger partial charge >= 0.3 is 0 Å². The molecule has 0 spiro atoms. The molecule has 1 heterocycles. The lowest BCUT2D eigenvalue weighted by Gasteiger charge is -2.14. The summed E-state index contributed by atoms with van der Waals surface area (Å²) in [5.74, 6) is 0.239. The Hall–Kier alpha value is -3.52. The molecule has 29 heavy (non-hydrogen) atoms. The lowest BCUT2D eigenvalue weighted by Crippen LogP contribution is -2.28. The largest absolute Gasteiger partial charge is 0.285 e. The van der Waals surface area contributed by atoms with Crippen molar-refractivity contribution in [3.05, 3.63) is 88.0 Å². The normalized spacial score (nSPS) is 15.7. The van der Waals surface area contributed by atoms with Gasteiger partial charge in [0, 0.05) is 17.7 Å². The summed E-state index contributed by atoms with van der Waals surface area (Å²) in [5, 5.41) is 21.9. The second kappa shape index (κ2) is 8.24. The van der Waals surface area contributed by atoms with Gasteiger partial charge in [-0.15, -0.1) is 5.10 Å². The van der Waals surface area contributed by atoms with Crippen LogP contribution in [-0.4, -0.2) is 32.9 Å². The number of rotatable bonds is 5. The number of nitro benzene ring substituents is 1. The minimum absolute atomic E-state index is 0.0180. The van der Waals surface area contributed by atoms with Gasteiger partial charge in [0.05, 0.1) is 23.4 Å². The van der Waals surface area contributed by atoms with E-state index in [9.17, 15) is 14.9 Å². The number of nitro groups is 1. The fraction of sp³-hybridized carbons (Fsp3) is 0.0952. The van der Waals surface area contributed by atoms with Crippen molar-refractivity contribution in [3.63, 3.8) is 0 Å². The van der Waals surface area contributed by atoms with E-state index < -0.39 is 4.92 Å². The maximum absolute atomic E-state index is 12.2. The molecule has 0 saturated carbocycles. The molecule has 3 aromatic carbocycles. The first-order valence-electron chi connectivity index (χ1n) is 8.87. The van der Waals surface area contributed by atoms with E-state index in [1.807, 2.05) is 42.5 Å². The summed E-state index contributed by atoms with van der Waals surface area (Å²) in [4.78, 5) is 24.1. The van der Waals surface area contributed by atoms with Gasteiger partial charge in [0.1, 0.15) is 0 Å². The second-order valence-electron chi connectivity index (χ2n) is 6.39. The number of benzene rings is 3. The second-order valence-corrected chi connectivity index (χ2v) is 7.33. The van der Waals surface area contributed by atoms with Crippen molar-refractivity contribution in [1.82, 2.24) is 4.90 Å². The zero-order chi connectivity index (χ0) is 20.2. The van der Waals surface area contributed by atoms with Gasteiger partial charge in [0.25, 0.3) is 5.69 Å². The standard InChI is InChI=1S/C21H16N4O3S/c26-20-14-29-21(24(20)13-15-8-10-18(11-9-15)25(27)28)23-22-12-17-6-3-5-16-4-1-2-7-19(16)17/h1-12H,13-14H2/b22-12+,23-21-. The summed E-state index contributed by atoms with van der Waals surface area (Å²) in [7, 11) is 0. The van der Waals surface area contributed by atoms with Gasteiger partial charge in [0.2, 0.25) is 5.91 Å². The van der Waals surface area contributed by atoms with E-state index in [1.54, 1.807) is 23.2 Å². The van der Waals surface area contributed by atoms with Gasteiger partial charge in [-0.2, -0.15) is 5.10 Å². The SMILES string of the molecule is O=C1CS/C(=N\N=C\c2cccc3ccccc23)N1Cc1ccc([N+](=O)[O-])cc1. The first-order valence-corrected chi connectivity index (χ1v) is 9.86. The van der Waals surface area contributed by atoms with E-state index in [-0.39, 0.29) is 11.6 Å². The maximum Gasteiger partial charge on any atom is 0.269 e. The zero-order valence-electron chi connectivity index (χ0n) is 15.3. The van der Waals surface area contributed by atoms with Crippen LogP contribution in [0.2, 0.25) is 0 Å². The number of non-ortho nitro benzene ring substituents is 1. The average molecular weight is 404 g/mol. The highest BCUT2D eigenvalue weighted by Crippen LogP contribution is 2.23. The van der Waals surface area contributed by atoms with Crippen LogP contribution < -0.4 is 0 Å². The highest BCUT2D eigenvalue weighted by molar-refractivity contribution is 8.15. The van der Waals surface area contributed by atoms with Crippen molar-refractivity contribution in [1.29, 1.82) is 0 Å². The molecule has 1 aliphatic rings. The van der Waals surface area contributed by atoms with Crippen molar-refractivity contribution in [3.8, 4) is 0 Å². The summed E-state index contributed by atoms with van der Waals surface area (Å²) in [6.45, 7) is 0.298. The Morgan fingerprint density at radius 1 is 1.07 bits per heavy atom. The molecule has 0 atom stereocenters. The predicted octanol–water partition coefficient (Wildman–Crippen LogP) is 4.21. The predicted molar refractivity (Wildman–Crippen MR) is 115 cm³/mol. The maximum atomic E-state index is 12.2. The fourth-order valence-electron chi connectivity index (χ4n) is 3.04. The Bertz CT molecular complexity index is 1140. The summed E-state index contributed by atoms with van der Waals surface area (Å²) in [5.41, 5.74) is 1.75. The molecule has 0 aromatic heterocycles. The van der Waals surface area contributed by atoms with Crippen LogP contribution in [0, 0.1) is 10.1 Å². The van der Waals surface area contributed by atoms with Crippen LogP contribution in [-0.2, 0) is 11.3 Å². The van der Waals surface area contributed by atoms with Crippen molar-refractivity contribution in [2.75, 3.05) is 5.75 Å². The van der Waals surface area contributed by atoms with Crippen molar-refractivity contribution in [2.45, 2.75) is 6.54 Å². The number of carbonyl (C=O) groups excluding carboxylic acids is 1. The Kier molecular flexibility index (Phi) is 5.35. The number of thioether (sulfide) groups is 1. The van der Waals surface area contributed by atoms with Crippen LogP contribution in [0.4, 0.5) is 5.69 Å². The molecule has 1 amide bonds. The smallest absolute Gasteiger partial charge is 0.269 e. The van der Waals surface area contributed by atoms with Crippen LogP contribution in [0.1, 0.15) is 11.1 Å². The molecule has 7 nitrogen and oxygen atoms in total. The van der Waals surface area contributed by atoms with E-state index >= 15 is 0 Å². The van der Waals surface area contributed by atoms with Crippen LogP contribution >= 0.6 is 11.8 Å². The Balaban J connectivity index is 1.53. The number of carbonyl (C=O) groups is 1. The Morgan fingerprint density at radius 3 is 2.62 bits per heavy atom. The summed E-state index contributed by atoms with van der Waals surface area (Å²) < 4.78 is 0. The summed E-state index contributed by atoms with van der Waals surface area (Å²) in [6, 6.07) is 20.1. The summed E-state index contributed by atoms with van der Waals surface area (Å²) in [6.07, 6.45) is 1.68. The third-order valence-corrected chi connectivity index (χ3v) is 5.46. The minimum atomic E-state index is -0.449. The third-order valence-electron chi connectivity index (χ3n) is 4.51. The average Bonchev–Trinajstić information content (AvgIpc) is 3.08. The number of hydrogen-bond donors (Lipinski definition) is 0. The molecule has 0 N–H and O–H groups in total. The van der Waals surface area contributed by atoms with Crippen molar-refractivity contribution >= 4 is 45.5 Å². The third kappa shape index (κ3) is 4.17. The molecule has 1 fully saturated rings. The van der Waals surface area contributed by atoms with Crippen LogP contribution in [0.3, 0.4) is 0 Å². The Morgan fingerprint density at radius 2 is 1.83 bits per heavy atom. The molecule has 0 bridgehead atoms. The van der Waals surface area contributed by atoms with E-state index in [0.29, 0.717) is 17.5 Å². The summed E-state index contributed by atoms with van der Waals surface area (Å²) >= 11 is 1.33. The molecule has 3 aromatic rings. The fourth-order valence-corrected chi connectivity index (χ4v) is 3.87. The number of nitrogens with zero attached hydrogens (tertiary/aromatic N) is 4. The first kappa shape index (κ1) is 18.8. The van der Waals surface area contributed by atoms with Gasteiger partial charge < -0.3 is 0 Å². The van der Waals surface area contributed by atoms with Gasteiger partial charge in [-0.05, 0) is 16.3 Å². The molecule has 8 heteroatoms. The molecule has 0 radical (unpaired) electrons. The molecule has 0 unspecified atom stereocenters. The number of fused-ring (bicyclic) bond motifs is 1. The molecule has 1 saturated heterocycles. The van der Waals surface area contributed by atoms with E-state index in [1.165, 1.54) is 23.9 Å². The monoisotopic (exact) mass is 404 g/mol. The highest BCUT2D eigenvalue weighted by Gasteiger charge is 2.28. The lowest BCUT2D eigenvalue weighted by atomic mass is 10.1. The highest BCUT2D eigenvalue weighted by atomic mass is 32.2. The number of amidine groups is 1. The van der Waals surface area contributed by atoms with E-state index in [0.717, 1.165) is 21.9 Å². The molecular weight excluding hydrogens is 388 g/mol. The molecule has 1 aliphatic heterocycles. The zero-order valence-corrected chi connectivity index (χ0v) is 16.1. The van der Waals surface area contributed by atoms with E-state index in [4.69, 9.17) is 0 Å².